The van der Waals surface area contributed by atoms with E-state index in [-0.39, 0.29) is 37.7 Å². The average Bonchev–Trinajstić information content (AvgIpc) is 3.55. The lowest BCUT2D eigenvalue weighted by Crippen LogP contribution is -2.53. The third-order valence-electron chi connectivity index (χ3n) is 8.25. The molecule has 4 aromatic rings. The van der Waals surface area contributed by atoms with E-state index in [0.717, 1.165) is 5.56 Å². The summed E-state index contributed by atoms with van der Waals surface area (Å²) in [4.78, 5) is 25.7. The zero-order valence-corrected chi connectivity index (χ0v) is 28.1. The molecule has 0 aromatic heterocycles. The first kappa shape index (κ1) is 36.1. The Hall–Kier alpha value is -6.24. The number of azide groups is 2. The van der Waals surface area contributed by atoms with Gasteiger partial charge in [0.25, 0.3) is 5.91 Å². The number of hydrogen-bond donors (Lipinski definition) is 3. The molecule has 5 rings (SSSR count). The minimum Gasteiger partial charge on any atom is -0.494 e. The first-order valence-corrected chi connectivity index (χ1v) is 16.0. The molecule has 0 spiro atoms. The normalized spacial score (nSPS) is 16.1. The van der Waals surface area contributed by atoms with Gasteiger partial charge in [-0.25, -0.2) is 10.4 Å². The Bertz CT molecular complexity index is 1960. The van der Waals surface area contributed by atoms with Gasteiger partial charge in [0.15, 0.2) is 23.1 Å². The number of nitrogens with zero attached hydrogens (tertiary/aromatic N) is 7. The molecule has 1 heterocycles. The first-order chi connectivity index (χ1) is 25.0. The Labute approximate surface area is 294 Å². The summed E-state index contributed by atoms with van der Waals surface area (Å²) in [6, 6.07) is 26.6. The lowest BCUT2D eigenvalue weighted by Gasteiger charge is -2.32. The fraction of sp³-hybridized carbons (Fsp3) is 0.278. The van der Waals surface area contributed by atoms with Crippen LogP contribution in [0.15, 0.2) is 106 Å². The molecule has 15 nitrogen and oxygen atoms in total. The number of aliphatic hydroxyl groups is 1. The molecule has 0 radical (unpaired) electrons. The van der Waals surface area contributed by atoms with Crippen LogP contribution in [0.5, 0.6) is 17.2 Å². The van der Waals surface area contributed by atoms with Crippen LogP contribution in [0.4, 0.5) is 5.69 Å². The van der Waals surface area contributed by atoms with E-state index in [2.05, 4.69) is 30.9 Å². The van der Waals surface area contributed by atoms with E-state index in [1.165, 1.54) is 7.11 Å². The van der Waals surface area contributed by atoms with Crippen molar-refractivity contribution in [3.8, 4) is 17.2 Å². The van der Waals surface area contributed by atoms with Gasteiger partial charge >= 0.3 is 0 Å². The molecular weight excluding hydrogens is 654 g/mol. The molecule has 0 aliphatic carbocycles. The maximum absolute atomic E-state index is 14.8. The molecule has 1 aliphatic heterocycles. The third-order valence-corrected chi connectivity index (χ3v) is 8.25. The number of carbonyl (C=O) groups excluding carboxylic acids is 1. The summed E-state index contributed by atoms with van der Waals surface area (Å²) >= 11 is 0. The maximum atomic E-state index is 14.8. The lowest BCUT2D eigenvalue weighted by molar-refractivity contribution is -0.130. The summed E-state index contributed by atoms with van der Waals surface area (Å²) in [7, 11) is 3.08. The highest BCUT2D eigenvalue weighted by atomic mass is 16.5. The van der Waals surface area contributed by atoms with Crippen molar-refractivity contribution in [2.75, 3.05) is 27.4 Å². The van der Waals surface area contributed by atoms with Gasteiger partial charge in [-0.05, 0) is 52.5 Å². The van der Waals surface area contributed by atoms with E-state index in [1.54, 1.807) is 61.7 Å². The quantitative estimate of drug-likeness (QED) is 0.0366. The van der Waals surface area contributed by atoms with E-state index in [4.69, 9.17) is 34.6 Å². The molecular formula is C36H37N9O6. The summed E-state index contributed by atoms with van der Waals surface area (Å²) in [5.74, 6) is 1.27. The second kappa shape index (κ2) is 17.4. The van der Waals surface area contributed by atoms with Crippen LogP contribution in [0.3, 0.4) is 0 Å². The molecule has 4 aromatic carbocycles. The molecule has 3 N–H and O–H groups in total. The molecule has 1 aliphatic rings. The van der Waals surface area contributed by atoms with Crippen LogP contribution in [0.25, 0.3) is 20.9 Å². The van der Waals surface area contributed by atoms with Gasteiger partial charge in [-0.3, -0.25) is 10.2 Å². The fourth-order valence-electron chi connectivity index (χ4n) is 5.81. The third kappa shape index (κ3) is 8.32. The van der Waals surface area contributed by atoms with Crippen molar-refractivity contribution < 1.29 is 28.8 Å². The predicted molar refractivity (Wildman–Crippen MR) is 190 cm³/mol. The van der Waals surface area contributed by atoms with Gasteiger partial charge in [-0.1, -0.05) is 70.9 Å². The monoisotopic (exact) mass is 691 g/mol. The zero-order valence-electron chi connectivity index (χ0n) is 28.1. The molecule has 51 heavy (non-hydrogen) atoms. The van der Waals surface area contributed by atoms with E-state index >= 15 is 0 Å². The maximum Gasteiger partial charge on any atom is 0.266 e. The van der Waals surface area contributed by atoms with Gasteiger partial charge in [0.2, 0.25) is 5.90 Å². The van der Waals surface area contributed by atoms with Crippen molar-refractivity contribution >= 4 is 17.5 Å². The highest BCUT2D eigenvalue weighted by Gasteiger charge is 2.54. The average molecular weight is 692 g/mol. The van der Waals surface area contributed by atoms with E-state index in [9.17, 15) is 10.3 Å². The Balaban J connectivity index is 1.61. The summed E-state index contributed by atoms with van der Waals surface area (Å²) < 4.78 is 23.3. The number of ether oxygens (including phenoxy) is 4. The molecule has 2 atom stereocenters. The topological polar surface area (TPSA) is 208 Å². The summed E-state index contributed by atoms with van der Waals surface area (Å²) in [6.07, 6.45) is -0.571. The van der Waals surface area contributed by atoms with Crippen molar-refractivity contribution in [1.82, 2.24) is 10.9 Å². The van der Waals surface area contributed by atoms with Crippen molar-refractivity contribution in [1.29, 1.82) is 0 Å². The second-order valence-electron chi connectivity index (χ2n) is 11.3. The summed E-state index contributed by atoms with van der Waals surface area (Å²) in [6.45, 7) is 0.580. The Kier molecular flexibility index (Phi) is 12.3. The van der Waals surface area contributed by atoms with E-state index < -0.39 is 17.6 Å². The number of methoxy groups -OCH3 is 2. The highest BCUT2D eigenvalue weighted by molar-refractivity contribution is 6.01. The molecule has 0 saturated heterocycles. The summed E-state index contributed by atoms with van der Waals surface area (Å²) in [5.41, 5.74) is 26.1. The molecule has 0 fully saturated rings. The minimum absolute atomic E-state index is 0.0134. The van der Waals surface area contributed by atoms with Crippen LogP contribution in [0.1, 0.15) is 40.3 Å². The number of amides is 1. The SMILES string of the molecule is COc1cccc(CNNC(=O)[C@@]2(Cc3ccccc3CN=[N+]=[N-])N=C(c3ccc(OCCCO)cc3)O[C@H]2c2ccccc2N=[N+]=[N-])c1OC. The number of para-hydroxylation sites is 1. The number of aliphatic imine (C=N–C) groups is 1. The van der Waals surface area contributed by atoms with Crippen molar-refractivity contribution in [3.63, 3.8) is 0 Å². The molecule has 0 unspecified atom stereocenters. The van der Waals surface area contributed by atoms with Gasteiger partial charge in [-0.15, -0.1) is 0 Å². The Morgan fingerprint density at radius 2 is 1.69 bits per heavy atom. The number of hydrazine groups is 1. The van der Waals surface area contributed by atoms with Crippen LogP contribution < -0.4 is 25.1 Å². The van der Waals surface area contributed by atoms with Crippen LogP contribution in [-0.2, 0) is 29.0 Å². The Morgan fingerprint density at radius 3 is 2.41 bits per heavy atom. The highest BCUT2D eigenvalue weighted by Crippen LogP contribution is 2.45. The standard InChI is InChI=1S/C36H37N9O6/c1-48-31-14-7-11-27(32(31)49-2)23-39-43-35(47)36(21-25-9-3-4-10-26(25)22-40-44-37)33(29-12-5-6-13-30(29)42-45-38)51-34(41-36)24-15-17-28(18-16-24)50-20-8-19-46/h3-7,9-18,33,39,46H,8,19-23H2,1-2H3,(H,43,47)/t33-,36-/m0/s1. The van der Waals surface area contributed by atoms with Crippen molar-refractivity contribution in [2.24, 2.45) is 15.2 Å². The van der Waals surface area contributed by atoms with Crippen LogP contribution >= 0.6 is 0 Å². The lowest BCUT2D eigenvalue weighted by atomic mass is 9.80. The minimum atomic E-state index is -1.68. The first-order valence-electron chi connectivity index (χ1n) is 16.0. The number of nitrogens with one attached hydrogen (secondary N) is 2. The second-order valence-corrected chi connectivity index (χ2v) is 11.3. The van der Waals surface area contributed by atoms with Crippen LogP contribution in [-0.4, -0.2) is 49.9 Å². The van der Waals surface area contributed by atoms with Gasteiger partial charge in [0, 0.05) is 58.2 Å². The number of benzene rings is 4. The molecule has 262 valence electrons. The predicted octanol–water partition coefficient (Wildman–Crippen LogP) is 6.54. The summed E-state index contributed by atoms with van der Waals surface area (Å²) in [5, 5.41) is 16.8. The molecule has 1 amide bonds. The van der Waals surface area contributed by atoms with Crippen molar-refractivity contribution in [2.45, 2.75) is 37.6 Å². The van der Waals surface area contributed by atoms with Crippen LogP contribution in [0.2, 0.25) is 0 Å². The van der Waals surface area contributed by atoms with Crippen molar-refractivity contribution in [3.05, 3.63) is 140 Å². The number of hydrogen-bond acceptors (Lipinski definition) is 10. The van der Waals surface area contributed by atoms with Gasteiger partial charge in [0.1, 0.15) is 5.75 Å². The molecule has 0 saturated carbocycles. The zero-order chi connectivity index (χ0) is 36.1. The molecule has 15 heteroatoms. The van der Waals surface area contributed by atoms with E-state index in [0.29, 0.717) is 52.5 Å². The van der Waals surface area contributed by atoms with Crippen LogP contribution in [0, 0.1) is 0 Å². The number of aliphatic hydroxyl groups excluding tert-OH is 1. The number of rotatable bonds is 17. The number of carbonyl (C=O) groups is 1. The Morgan fingerprint density at radius 1 is 0.941 bits per heavy atom. The molecule has 0 bridgehead atoms. The fourth-order valence-corrected chi connectivity index (χ4v) is 5.81. The van der Waals surface area contributed by atoms with Gasteiger partial charge in [-0.2, -0.15) is 0 Å². The van der Waals surface area contributed by atoms with E-state index in [1.807, 2.05) is 36.4 Å². The smallest absolute Gasteiger partial charge is 0.266 e. The largest absolute Gasteiger partial charge is 0.494 e. The van der Waals surface area contributed by atoms with Gasteiger partial charge in [0.05, 0.1) is 27.4 Å². The van der Waals surface area contributed by atoms with Gasteiger partial charge < -0.3 is 24.1 Å².